The predicted molar refractivity (Wildman–Crippen MR) is 89.0 cm³/mol. The van der Waals surface area contributed by atoms with Gasteiger partial charge in [-0.05, 0) is 67.1 Å². The Bertz CT molecular complexity index is 486. The molecule has 3 aliphatic carbocycles. The Labute approximate surface area is 130 Å². The lowest BCUT2D eigenvalue weighted by atomic mass is 9.47. The molecule has 4 atom stereocenters. The molecular formula is C20H32O. The summed E-state index contributed by atoms with van der Waals surface area (Å²) in [5.74, 6) is 0.736. The van der Waals surface area contributed by atoms with E-state index in [1.54, 1.807) is 11.1 Å². The summed E-state index contributed by atoms with van der Waals surface area (Å²) < 4.78 is 0. The lowest BCUT2D eigenvalue weighted by Crippen LogP contribution is -2.50. The predicted octanol–water partition coefficient (Wildman–Crippen LogP) is 5.26. The molecule has 3 rings (SSSR count). The number of hydrogen-bond donors (Lipinski definition) is 1. The highest BCUT2D eigenvalue weighted by molar-refractivity contribution is 5.33. The van der Waals surface area contributed by atoms with E-state index in [9.17, 15) is 5.11 Å². The SMILES string of the molecule is C=C[C@@]1(C)CCC2=C(CC[C@H]3C(C)(C)C[C@@H](O)C[C@]23C)C1. The first-order chi connectivity index (χ1) is 9.70. The monoisotopic (exact) mass is 288 g/mol. The number of fused-ring (bicyclic) bond motifs is 2. The van der Waals surface area contributed by atoms with Gasteiger partial charge in [0.25, 0.3) is 0 Å². The minimum atomic E-state index is -0.124. The lowest BCUT2D eigenvalue weighted by molar-refractivity contribution is -0.0624. The second kappa shape index (κ2) is 4.72. The molecule has 1 heteroatoms. The van der Waals surface area contributed by atoms with Crippen molar-refractivity contribution in [3.8, 4) is 0 Å². The van der Waals surface area contributed by atoms with Gasteiger partial charge in [0.05, 0.1) is 6.10 Å². The smallest absolute Gasteiger partial charge is 0.0553 e. The number of rotatable bonds is 1. The van der Waals surface area contributed by atoms with Gasteiger partial charge in [-0.15, -0.1) is 6.58 Å². The van der Waals surface area contributed by atoms with E-state index >= 15 is 0 Å². The molecule has 118 valence electrons. The Hall–Kier alpha value is -0.560. The van der Waals surface area contributed by atoms with Crippen molar-refractivity contribution in [2.75, 3.05) is 0 Å². The molecule has 21 heavy (non-hydrogen) atoms. The highest BCUT2D eigenvalue weighted by atomic mass is 16.3. The Morgan fingerprint density at radius 2 is 1.86 bits per heavy atom. The first-order valence-electron chi connectivity index (χ1n) is 8.73. The summed E-state index contributed by atoms with van der Waals surface area (Å²) in [6.45, 7) is 13.6. The molecule has 0 amide bonds. The molecule has 0 aliphatic heterocycles. The fourth-order valence-electron chi connectivity index (χ4n) is 6.05. The standard InChI is InChI=1S/C20H32O/c1-6-19(4)10-9-16-14(11-19)7-8-17-18(2,3)12-15(21)13-20(16,17)5/h6,15,17,21H,1,7-13H2,2-5H3/t15-,17+,19+,20-/m1/s1. The van der Waals surface area contributed by atoms with Crippen LogP contribution in [0.15, 0.2) is 23.8 Å². The van der Waals surface area contributed by atoms with Crippen LogP contribution in [0.1, 0.15) is 72.6 Å². The van der Waals surface area contributed by atoms with E-state index in [0.29, 0.717) is 5.41 Å². The average molecular weight is 288 g/mol. The molecule has 0 aromatic carbocycles. The van der Waals surface area contributed by atoms with E-state index in [4.69, 9.17) is 0 Å². The minimum Gasteiger partial charge on any atom is -0.393 e. The maximum atomic E-state index is 10.4. The number of hydrogen-bond acceptors (Lipinski definition) is 1. The zero-order chi connectivity index (χ0) is 15.5. The summed E-state index contributed by atoms with van der Waals surface area (Å²) in [5, 5.41) is 10.4. The van der Waals surface area contributed by atoms with Crippen LogP contribution in [-0.4, -0.2) is 11.2 Å². The van der Waals surface area contributed by atoms with Crippen molar-refractivity contribution in [1.82, 2.24) is 0 Å². The number of allylic oxidation sites excluding steroid dienone is 3. The van der Waals surface area contributed by atoms with Crippen LogP contribution in [0.2, 0.25) is 0 Å². The summed E-state index contributed by atoms with van der Waals surface area (Å²) in [4.78, 5) is 0. The molecule has 1 N–H and O–H groups in total. The van der Waals surface area contributed by atoms with E-state index in [-0.39, 0.29) is 16.9 Å². The van der Waals surface area contributed by atoms with Gasteiger partial charge in [0, 0.05) is 0 Å². The fraction of sp³-hybridized carbons (Fsp3) is 0.800. The van der Waals surface area contributed by atoms with E-state index in [0.717, 1.165) is 18.8 Å². The highest BCUT2D eigenvalue weighted by Gasteiger charge is 2.53. The van der Waals surface area contributed by atoms with Gasteiger partial charge in [-0.2, -0.15) is 0 Å². The first-order valence-corrected chi connectivity index (χ1v) is 8.73. The largest absolute Gasteiger partial charge is 0.393 e. The van der Waals surface area contributed by atoms with Crippen molar-refractivity contribution < 1.29 is 5.11 Å². The maximum Gasteiger partial charge on any atom is 0.0553 e. The Morgan fingerprint density at radius 3 is 2.52 bits per heavy atom. The number of aliphatic hydroxyl groups is 1. The summed E-state index contributed by atoms with van der Waals surface area (Å²) in [6, 6.07) is 0. The minimum absolute atomic E-state index is 0.124. The van der Waals surface area contributed by atoms with E-state index < -0.39 is 0 Å². The van der Waals surface area contributed by atoms with Gasteiger partial charge in [0.15, 0.2) is 0 Å². The van der Waals surface area contributed by atoms with Crippen molar-refractivity contribution >= 4 is 0 Å². The van der Waals surface area contributed by atoms with Gasteiger partial charge in [-0.1, -0.05) is 44.9 Å². The first kappa shape index (κ1) is 15.3. The molecule has 0 spiro atoms. The molecule has 1 saturated carbocycles. The van der Waals surface area contributed by atoms with Crippen LogP contribution in [0.3, 0.4) is 0 Å². The van der Waals surface area contributed by atoms with Crippen molar-refractivity contribution in [3.05, 3.63) is 23.8 Å². The molecule has 0 aromatic rings. The Balaban J connectivity index is 2.00. The summed E-state index contributed by atoms with van der Waals surface area (Å²) in [6.07, 6.45) is 10.2. The Kier molecular flexibility index (Phi) is 3.44. The van der Waals surface area contributed by atoms with Gasteiger partial charge < -0.3 is 5.11 Å². The topological polar surface area (TPSA) is 20.2 Å². The summed E-state index contributed by atoms with van der Waals surface area (Å²) in [7, 11) is 0. The molecule has 0 unspecified atom stereocenters. The summed E-state index contributed by atoms with van der Waals surface area (Å²) >= 11 is 0. The molecule has 0 saturated heterocycles. The molecule has 3 aliphatic rings. The van der Waals surface area contributed by atoms with Gasteiger partial charge >= 0.3 is 0 Å². The van der Waals surface area contributed by atoms with Crippen molar-refractivity contribution in [2.24, 2.45) is 22.2 Å². The normalized spacial score (nSPS) is 45.8. The molecule has 0 bridgehead atoms. The quantitative estimate of drug-likeness (QED) is 0.653. The van der Waals surface area contributed by atoms with Crippen LogP contribution in [0.25, 0.3) is 0 Å². The van der Waals surface area contributed by atoms with Crippen LogP contribution in [0, 0.1) is 22.2 Å². The van der Waals surface area contributed by atoms with E-state index in [2.05, 4.69) is 40.3 Å². The second-order valence-electron chi connectivity index (χ2n) is 9.18. The van der Waals surface area contributed by atoms with Crippen molar-refractivity contribution in [2.45, 2.75) is 78.7 Å². The van der Waals surface area contributed by atoms with Crippen LogP contribution in [-0.2, 0) is 0 Å². The second-order valence-corrected chi connectivity index (χ2v) is 9.18. The fourth-order valence-corrected chi connectivity index (χ4v) is 6.05. The van der Waals surface area contributed by atoms with E-state index in [1.165, 1.54) is 32.1 Å². The lowest BCUT2D eigenvalue weighted by Gasteiger charge is -2.58. The van der Waals surface area contributed by atoms with E-state index in [1.807, 2.05) is 0 Å². The zero-order valence-corrected chi connectivity index (χ0v) is 14.3. The third kappa shape index (κ3) is 2.32. The van der Waals surface area contributed by atoms with Gasteiger partial charge in [0.1, 0.15) is 0 Å². The zero-order valence-electron chi connectivity index (χ0n) is 14.3. The van der Waals surface area contributed by atoms with Crippen molar-refractivity contribution in [1.29, 1.82) is 0 Å². The van der Waals surface area contributed by atoms with Crippen molar-refractivity contribution in [3.63, 3.8) is 0 Å². The van der Waals surface area contributed by atoms with Crippen LogP contribution < -0.4 is 0 Å². The van der Waals surface area contributed by atoms with Crippen LogP contribution in [0.5, 0.6) is 0 Å². The molecule has 1 nitrogen and oxygen atoms in total. The molecule has 1 fully saturated rings. The molecule has 0 aromatic heterocycles. The third-order valence-corrected chi connectivity index (χ3v) is 7.04. The Morgan fingerprint density at radius 1 is 1.14 bits per heavy atom. The maximum absolute atomic E-state index is 10.4. The number of aliphatic hydroxyl groups excluding tert-OH is 1. The molecule has 0 heterocycles. The summed E-state index contributed by atoms with van der Waals surface area (Å²) in [5.41, 5.74) is 4.21. The van der Waals surface area contributed by atoms with Crippen LogP contribution >= 0.6 is 0 Å². The molecule has 0 radical (unpaired) electrons. The van der Waals surface area contributed by atoms with Crippen LogP contribution in [0.4, 0.5) is 0 Å². The molecular weight excluding hydrogens is 256 g/mol. The van der Waals surface area contributed by atoms with Gasteiger partial charge in [0.2, 0.25) is 0 Å². The van der Waals surface area contributed by atoms with Gasteiger partial charge in [-0.25, -0.2) is 0 Å². The third-order valence-electron chi connectivity index (χ3n) is 7.04. The highest BCUT2D eigenvalue weighted by Crippen LogP contribution is 2.62. The van der Waals surface area contributed by atoms with Gasteiger partial charge in [-0.3, -0.25) is 0 Å². The average Bonchev–Trinajstić information content (AvgIpc) is 2.36.